The number of carbonyl (C=O) groups excluding carboxylic acids is 1. The van der Waals surface area contributed by atoms with Crippen LogP contribution in [-0.2, 0) is 11.3 Å². The second kappa shape index (κ2) is 7.67. The molecule has 1 aliphatic rings. The Hall–Kier alpha value is -1.07. The van der Waals surface area contributed by atoms with E-state index in [0.717, 1.165) is 36.9 Å². The van der Waals surface area contributed by atoms with E-state index in [-0.39, 0.29) is 11.6 Å². The number of piperidine rings is 1. The van der Waals surface area contributed by atoms with Crippen LogP contribution in [0.3, 0.4) is 0 Å². The molecule has 5 heteroatoms. The highest BCUT2D eigenvalue weighted by Gasteiger charge is 2.36. The van der Waals surface area contributed by atoms with Gasteiger partial charge in [0.1, 0.15) is 5.60 Å². The van der Waals surface area contributed by atoms with Crippen LogP contribution in [0.5, 0.6) is 0 Å². The number of aryl methyl sites for hydroxylation is 1. The average Bonchev–Trinajstić information content (AvgIpc) is 2.49. The summed E-state index contributed by atoms with van der Waals surface area (Å²) >= 11 is 3.68. The van der Waals surface area contributed by atoms with Crippen molar-refractivity contribution in [2.45, 2.75) is 65.1 Å². The summed E-state index contributed by atoms with van der Waals surface area (Å²) in [6, 6.07) is 6.51. The van der Waals surface area contributed by atoms with Crippen LogP contribution < -0.4 is 0 Å². The molecule has 1 aromatic rings. The Balaban J connectivity index is 1.96. The first-order valence-electron chi connectivity index (χ1n) is 8.94. The van der Waals surface area contributed by atoms with E-state index >= 15 is 0 Å². The Morgan fingerprint density at radius 1 is 1.32 bits per heavy atom. The van der Waals surface area contributed by atoms with Gasteiger partial charge in [-0.3, -0.25) is 4.90 Å². The first kappa shape index (κ1) is 20.2. The lowest BCUT2D eigenvalue weighted by Crippen LogP contribution is -2.53. The van der Waals surface area contributed by atoms with E-state index < -0.39 is 5.60 Å². The molecule has 0 bridgehead atoms. The van der Waals surface area contributed by atoms with Crippen LogP contribution in [-0.4, -0.2) is 47.2 Å². The van der Waals surface area contributed by atoms with E-state index in [0.29, 0.717) is 0 Å². The van der Waals surface area contributed by atoms with E-state index in [1.807, 2.05) is 25.7 Å². The van der Waals surface area contributed by atoms with Crippen molar-refractivity contribution in [3.63, 3.8) is 0 Å². The lowest BCUT2D eigenvalue weighted by Gasteiger charge is -2.45. The maximum absolute atomic E-state index is 12.2. The van der Waals surface area contributed by atoms with Gasteiger partial charge in [0.15, 0.2) is 0 Å². The first-order valence-corrected chi connectivity index (χ1v) is 9.74. The van der Waals surface area contributed by atoms with Gasteiger partial charge in [-0.15, -0.1) is 0 Å². The molecular formula is C20H31BrN2O2. The fourth-order valence-electron chi connectivity index (χ4n) is 3.11. The average molecular weight is 411 g/mol. The normalized spacial score (nSPS) is 17.7. The van der Waals surface area contributed by atoms with Gasteiger partial charge in [-0.2, -0.15) is 0 Å². The van der Waals surface area contributed by atoms with E-state index in [2.05, 4.69) is 59.9 Å². The van der Waals surface area contributed by atoms with Crippen molar-refractivity contribution in [3.8, 4) is 0 Å². The fourth-order valence-corrected chi connectivity index (χ4v) is 3.72. The van der Waals surface area contributed by atoms with E-state index in [9.17, 15) is 4.79 Å². The second-order valence-electron chi connectivity index (χ2n) is 8.42. The highest BCUT2D eigenvalue weighted by atomic mass is 79.9. The molecule has 0 radical (unpaired) electrons. The number of benzene rings is 1. The molecular weight excluding hydrogens is 380 g/mol. The van der Waals surface area contributed by atoms with Crippen LogP contribution in [0.1, 0.15) is 51.7 Å². The molecule has 0 N–H and O–H groups in total. The minimum absolute atomic E-state index is 0.0861. The Kier molecular flexibility index (Phi) is 6.21. The molecule has 1 amide bonds. The SMILES string of the molecule is Cc1ccc(CN(C)C2(C)CCN(C(=O)OC(C)(C)C)CC2)c(Br)c1. The zero-order valence-corrected chi connectivity index (χ0v) is 17.9. The van der Waals surface area contributed by atoms with Gasteiger partial charge in [-0.1, -0.05) is 28.1 Å². The summed E-state index contributed by atoms with van der Waals surface area (Å²) < 4.78 is 6.66. The number of hydrogen-bond acceptors (Lipinski definition) is 3. The minimum Gasteiger partial charge on any atom is -0.444 e. The van der Waals surface area contributed by atoms with Gasteiger partial charge in [0.25, 0.3) is 0 Å². The lowest BCUT2D eigenvalue weighted by atomic mass is 9.88. The highest BCUT2D eigenvalue weighted by molar-refractivity contribution is 9.10. The maximum Gasteiger partial charge on any atom is 0.410 e. The van der Waals surface area contributed by atoms with Gasteiger partial charge in [0, 0.05) is 29.6 Å². The quantitative estimate of drug-likeness (QED) is 0.704. The Labute approximate surface area is 160 Å². The van der Waals surface area contributed by atoms with Gasteiger partial charge in [0.2, 0.25) is 0 Å². The Morgan fingerprint density at radius 2 is 1.92 bits per heavy atom. The third-order valence-electron chi connectivity index (χ3n) is 5.03. The molecule has 1 aliphatic heterocycles. The van der Waals surface area contributed by atoms with Crippen LogP contribution in [0.4, 0.5) is 4.79 Å². The summed E-state index contributed by atoms with van der Waals surface area (Å²) in [6.07, 6.45) is 1.71. The van der Waals surface area contributed by atoms with Crippen molar-refractivity contribution in [2.24, 2.45) is 0 Å². The zero-order chi connectivity index (χ0) is 18.8. The maximum atomic E-state index is 12.2. The van der Waals surface area contributed by atoms with E-state index in [1.165, 1.54) is 11.1 Å². The van der Waals surface area contributed by atoms with Crippen molar-refractivity contribution in [3.05, 3.63) is 33.8 Å². The molecule has 1 heterocycles. The number of likely N-dealkylation sites (tertiary alicyclic amines) is 1. The number of nitrogens with zero attached hydrogens (tertiary/aromatic N) is 2. The van der Waals surface area contributed by atoms with Crippen LogP contribution in [0.2, 0.25) is 0 Å². The summed E-state index contributed by atoms with van der Waals surface area (Å²) in [5, 5.41) is 0. The number of rotatable bonds is 3. The lowest BCUT2D eigenvalue weighted by molar-refractivity contribution is 0.00169. The monoisotopic (exact) mass is 410 g/mol. The van der Waals surface area contributed by atoms with Crippen molar-refractivity contribution in [1.29, 1.82) is 0 Å². The highest BCUT2D eigenvalue weighted by Crippen LogP contribution is 2.31. The molecule has 140 valence electrons. The zero-order valence-electron chi connectivity index (χ0n) is 16.4. The molecule has 0 saturated carbocycles. The summed E-state index contributed by atoms with van der Waals surface area (Å²) in [5.74, 6) is 0. The summed E-state index contributed by atoms with van der Waals surface area (Å²) in [6.45, 7) is 12.5. The minimum atomic E-state index is -0.438. The third kappa shape index (κ3) is 5.45. The van der Waals surface area contributed by atoms with Gasteiger partial charge < -0.3 is 9.64 Å². The van der Waals surface area contributed by atoms with Crippen LogP contribution >= 0.6 is 15.9 Å². The van der Waals surface area contributed by atoms with Crippen molar-refractivity contribution in [1.82, 2.24) is 9.80 Å². The topological polar surface area (TPSA) is 32.8 Å². The molecule has 0 atom stereocenters. The number of hydrogen-bond donors (Lipinski definition) is 0. The molecule has 25 heavy (non-hydrogen) atoms. The molecule has 1 saturated heterocycles. The molecule has 1 fully saturated rings. The second-order valence-corrected chi connectivity index (χ2v) is 9.27. The fraction of sp³-hybridized carbons (Fsp3) is 0.650. The third-order valence-corrected chi connectivity index (χ3v) is 5.77. The largest absolute Gasteiger partial charge is 0.444 e. The van der Waals surface area contributed by atoms with Crippen LogP contribution in [0.25, 0.3) is 0 Å². The molecule has 0 unspecified atom stereocenters. The molecule has 1 aromatic carbocycles. The van der Waals surface area contributed by atoms with Gasteiger partial charge in [0.05, 0.1) is 0 Å². The van der Waals surface area contributed by atoms with Gasteiger partial charge in [-0.05, 0) is 71.7 Å². The van der Waals surface area contributed by atoms with Crippen LogP contribution in [0.15, 0.2) is 22.7 Å². The van der Waals surface area contributed by atoms with Crippen molar-refractivity contribution >= 4 is 22.0 Å². The summed E-state index contributed by atoms with van der Waals surface area (Å²) in [7, 11) is 2.18. The van der Waals surface area contributed by atoms with Crippen molar-refractivity contribution in [2.75, 3.05) is 20.1 Å². The van der Waals surface area contributed by atoms with Gasteiger partial charge in [-0.25, -0.2) is 4.79 Å². The predicted molar refractivity (Wildman–Crippen MR) is 106 cm³/mol. The molecule has 0 aliphatic carbocycles. The number of halogens is 1. The Bertz CT molecular complexity index is 617. The van der Waals surface area contributed by atoms with Crippen LogP contribution in [0, 0.1) is 6.92 Å². The molecule has 0 aromatic heterocycles. The standard InChI is InChI=1S/C20H31BrN2O2/c1-15-7-8-16(17(21)13-15)14-22(6)20(5)9-11-23(12-10-20)18(24)25-19(2,3)4/h7-8,13H,9-12,14H2,1-6H3. The first-order chi connectivity index (χ1) is 11.5. The Morgan fingerprint density at radius 3 is 2.44 bits per heavy atom. The smallest absolute Gasteiger partial charge is 0.410 e. The molecule has 2 rings (SSSR count). The summed E-state index contributed by atoms with van der Waals surface area (Å²) in [4.78, 5) is 16.5. The molecule has 0 spiro atoms. The number of ether oxygens (including phenoxy) is 1. The van der Waals surface area contributed by atoms with E-state index in [1.54, 1.807) is 0 Å². The van der Waals surface area contributed by atoms with Gasteiger partial charge >= 0.3 is 6.09 Å². The summed E-state index contributed by atoms with van der Waals surface area (Å²) in [5.41, 5.74) is 2.20. The van der Waals surface area contributed by atoms with E-state index in [4.69, 9.17) is 4.74 Å². The van der Waals surface area contributed by atoms with Crippen molar-refractivity contribution < 1.29 is 9.53 Å². The predicted octanol–water partition coefficient (Wildman–Crippen LogP) is 4.98. The molecule has 4 nitrogen and oxygen atoms in total. The number of carbonyl (C=O) groups is 1. The number of amides is 1.